The number of aromatic nitrogens is 3. The van der Waals surface area contributed by atoms with Gasteiger partial charge in [-0.2, -0.15) is 5.26 Å². The molecule has 2 aromatic heterocycles. The van der Waals surface area contributed by atoms with E-state index in [1.165, 1.54) is 12.3 Å². The van der Waals surface area contributed by atoms with Crippen molar-refractivity contribution in [3.05, 3.63) is 53.4 Å². The molecule has 1 aromatic carbocycles. The van der Waals surface area contributed by atoms with Gasteiger partial charge in [-0.25, -0.2) is 4.98 Å². The van der Waals surface area contributed by atoms with Crippen LogP contribution in [0.25, 0.3) is 11.0 Å². The van der Waals surface area contributed by atoms with Crippen LogP contribution in [0.1, 0.15) is 70.0 Å². The van der Waals surface area contributed by atoms with Crippen LogP contribution in [0.15, 0.2) is 46.6 Å². The highest BCUT2D eigenvalue weighted by Gasteiger charge is 2.32. The molecule has 0 aliphatic carbocycles. The highest BCUT2D eigenvalue weighted by atomic mass is 16.5. The summed E-state index contributed by atoms with van der Waals surface area (Å²) in [5.74, 6) is 0.106. The molecular formula is C30H39N7O3. The summed E-state index contributed by atoms with van der Waals surface area (Å²) in [5.41, 5.74) is 3.03. The Kier molecular flexibility index (Phi) is 9.05. The Balaban J connectivity index is 1.62. The van der Waals surface area contributed by atoms with Gasteiger partial charge in [-0.1, -0.05) is 51.9 Å². The average Bonchev–Trinajstić information content (AvgIpc) is 3.65. The summed E-state index contributed by atoms with van der Waals surface area (Å²) in [7, 11) is 0. The first-order chi connectivity index (χ1) is 19.1. The van der Waals surface area contributed by atoms with E-state index in [0.717, 1.165) is 36.0 Å². The molecule has 4 rings (SSSR count). The molecule has 2 amide bonds. The summed E-state index contributed by atoms with van der Waals surface area (Å²) in [4.78, 5) is 32.7. The standard InChI is InChI=1S/C30H39N7O3/c1-20(2)8-10-22(16-31)28(39)36-14-6-7-23(36)18-37-25-11-9-21(17-32-19-30(3,4)5)15-24(25)34-29(37)35-27(38)26-12-13-33-40-26/h9-13,15,20,23,32H,6-8,14,17-19H2,1-5H3,(H,34,35,38)/b22-10+/t23-/m1/s1. The number of hydrogen-bond donors (Lipinski definition) is 2. The summed E-state index contributed by atoms with van der Waals surface area (Å²) in [6.07, 6.45) is 5.46. The lowest BCUT2D eigenvalue weighted by Crippen LogP contribution is -2.39. The molecule has 0 bridgehead atoms. The topological polar surface area (TPSA) is 129 Å². The minimum Gasteiger partial charge on any atom is -0.351 e. The highest BCUT2D eigenvalue weighted by molar-refractivity contribution is 6.02. The second-order valence-electron chi connectivity index (χ2n) is 12.0. The maximum Gasteiger partial charge on any atom is 0.296 e. The van der Waals surface area contributed by atoms with E-state index >= 15 is 0 Å². The maximum atomic E-state index is 13.3. The van der Waals surface area contributed by atoms with Crippen LogP contribution >= 0.6 is 0 Å². The Morgan fingerprint density at radius 2 is 2.08 bits per heavy atom. The summed E-state index contributed by atoms with van der Waals surface area (Å²) < 4.78 is 6.98. The SMILES string of the molecule is CC(C)C/C=C(\C#N)C(=O)N1CCC[C@@H]1Cn1c(NC(=O)c2ccno2)nc2cc(CNCC(C)(C)C)ccc21. The van der Waals surface area contributed by atoms with Crippen LogP contribution in [0.4, 0.5) is 5.95 Å². The van der Waals surface area contributed by atoms with Crippen molar-refractivity contribution in [2.45, 2.75) is 73.0 Å². The van der Waals surface area contributed by atoms with Gasteiger partial charge in [-0.05, 0) is 48.3 Å². The van der Waals surface area contributed by atoms with E-state index in [2.05, 4.69) is 62.5 Å². The molecule has 0 unspecified atom stereocenters. The summed E-state index contributed by atoms with van der Waals surface area (Å²) in [5, 5.41) is 19.7. The molecule has 0 radical (unpaired) electrons. The Morgan fingerprint density at radius 1 is 1.27 bits per heavy atom. The molecule has 1 saturated heterocycles. The Bertz CT molecular complexity index is 1410. The molecule has 3 aromatic rings. The molecule has 10 nitrogen and oxygen atoms in total. The predicted octanol–water partition coefficient (Wildman–Crippen LogP) is 4.90. The van der Waals surface area contributed by atoms with Crippen LogP contribution in [-0.2, 0) is 17.9 Å². The monoisotopic (exact) mass is 545 g/mol. The molecule has 1 fully saturated rings. The van der Waals surface area contributed by atoms with Gasteiger partial charge in [0.05, 0.1) is 23.3 Å². The molecule has 1 atom stereocenters. The van der Waals surface area contributed by atoms with Crippen molar-refractivity contribution in [2.75, 3.05) is 18.4 Å². The van der Waals surface area contributed by atoms with Crippen LogP contribution in [-0.4, -0.2) is 50.6 Å². The van der Waals surface area contributed by atoms with Gasteiger partial charge in [-0.3, -0.25) is 14.9 Å². The van der Waals surface area contributed by atoms with E-state index < -0.39 is 5.91 Å². The summed E-state index contributed by atoms with van der Waals surface area (Å²) in [6.45, 7) is 13.3. The highest BCUT2D eigenvalue weighted by Crippen LogP contribution is 2.27. The van der Waals surface area contributed by atoms with Crippen molar-refractivity contribution in [3.63, 3.8) is 0 Å². The molecule has 2 N–H and O–H groups in total. The van der Waals surface area contributed by atoms with Crippen molar-refractivity contribution < 1.29 is 14.1 Å². The third-order valence-corrected chi connectivity index (χ3v) is 6.86. The Hall–Kier alpha value is -3.97. The number of nitrogens with zero attached hydrogens (tertiary/aromatic N) is 5. The molecule has 40 heavy (non-hydrogen) atoms. The van der Waals surface area contributed by atoms with E-state index in [9.17, 15) is 14.9 Å². The third kappa shape index (κ3) is 7.16. The second kappa shape index (κ2) is 12.5. The number of anilines is 1. The van der Waals surface area contributed by atoms with E-state index in [1.807, 2.05) is 16.7 Å². The molecule has 0 saturated carbocycles. The number of amides is 2. The van der Waals surface area contributed by atoms with Gasteiger partial charge >= 0.3 is 0 Å². The fraction of sp³-hybridized carbons (Fsp3) is 0.500. The molecule has 212 valence electrons. The number of nitriles is 1. The maximum absolute atomic E-state index is 13.3. The van der Waals surface area contributed by atoms with Crippen LogP contribution in [0, 0.1) is 22.7 Å². The number of benzene rings is 1. The first-order valence-corrected chi connectivity index (χ1v) is 13.9. The van der Waals surface area contributed by atoms with E-state index in [-0.39, 0.29) is 28.7 Å². The molecule has 0 spiro atoms. The number of carbonyl (C=O) groups excluding carboxylic acids is 2. The van der Waals surface area contributed by atoms with E-state index in [0.29, 0.717) is 37.9 Å². The second-order valence-corrected chi connectivity index (χ2v) is 12.0. The normalized spacial score (nSPS) is 16.1. The van der Waals surface area contributed by atoms with Gasteiger partial charge < -0.3 is 19.3 Å². The van der Waals surface area contributed by atoms with Crippen LogP contribution < -0.4 is 10.6 Å². The van der Waals surface area contributed by atoms with Gasteiger partial charge in [0.1, 0.15) is 11.6 Å². The number of nitrogens with one attached hydrogen (secondary N) is 2. The van der Waals surface area contributed by atoms with E-state index in [1.54, 1.807) is 11.0 Å². The van der Waals surface area contributed by atoms with Gasteiger partial charge in [0.25, 0.3) is 11.8 Å². The lowest BCUT2D eigenvalue weighted by molar-refractivity contribution is -0.127. The minimum atomic E-state index is -0.455. The van der Waals surface area contributed by atoms with Gasteiger partial charge in [-0.15, -0.1) is 0 Å². The van der Waals surface area contributed by atoms with Crippen molar-refractivity contribution in [3.8, 4) is 6.07 Å². The summed E-state index contributed by atoms with van der Waals surface area (Å²) >= 11 is 0. The first-order valence-electron chi connectivity index (χ1n) is 13.9. The van der Waals surface area contributed by atoms with Crippen LogP contribution in [0.3, 0.4) is 0 Å². The third-order valence-electron chi connectivity index (χ3n) is 6.86. The van der Waals surface area contributed by atoms with Gasteiger partial charge in [0.2, 0.25) is 11.7 Å². The van der Waals surface area contributed by atoms with Crippen molar-refractivity contribution >= 4 is 28.8 Å². The van der Waals surface area contributed by atoms with Gasteiger partial charge in [0.15, 0.2) is 0 Å². The fourth-order valence-electron chi connectivity index (χ4n) is 4.84. The van der Waals surface area contributed by atoms with Crippen molar-refractivity contribution in [1.29, 1.82) is 5.26 Å². The number of fused-ring (bicyclic) bond motifs is 1. The molecule has 10 heteroatoms. The lowest BCUT2D eigenvalue weighted by Gasteiger charge is -2.26. The Labute approximate surface area is 235 Å². The predicted molar refractivity (Wildman–Crippen MR) is 153 cm³/mol. The molecule has 3 heterocycles. The largest absolute Gasteiger partial charge is 0.351 e. The van der Waals surface area contributed by atoms with E-state index in [4.69, 9.17) is 9.51 Å². The number of hydrogen-bond acceptors (Lipinski definition) is 7. The number of likely N-dealkylation sites (tertiary alicyclic amines) is 1. The lowest BCUT2D eigenvalue weighted by atomic mass is 9.97. The number of imidazole rings is 1. The number of allylic oxidation sites excluding steroid dienone is 1. The minimum absolute atomic E-state index is 0.0808. The zero-order chi connectivity index (χ0) is 28.9. The van der Waals surface area contributed by atoms with Crippen LogP contribution in [0.5, 0.6) is 0 Å². The summed E-state index contributed by atoms with van der Waals surface area (Å²) in [6, 6.07) is 9.53. The molecule has 1 aliphatic heterocycles. The Morgan fingerprint density at radius 3 is 2.75 bits per heavy atom. The molecule has 1 aliphatic rings. The average molecular weight is 546 g/mol. The molecular weight excluding hydrogens is 506 g/mol. The smallest absolute Gasteiger partial charge is 0.296 e. The quantitative estimate of drug-likeness (QED) is 0.274. The van der Waals surface area contributed by atoms with Crippen molar-refractivity contribution in [1.82, 2.24) is 24.9 Å². The van der Waals surface area contributed by atoms with Gasteiger partial charge in [0, 0.05) is 32.2 Å². The number of rotatable bonds is 10. The van der Waals surface area contributed by atoms with Crippen molar-refractivity contribution in [2.24, 2.45) is 11.3 Å². The first kappa shape index (κ1) is 29.0. The number of carbonyl (C=O) groups is 2. The zero-order valence-electron chi connectivity index (χ0n) is 24.0. The fourth-order valence-corrected chi connectivity index (χ4v) is 4.84. The van der Waals surface area contributed by atoms with Crippen LogP contribution in [0.2, 0.25) is 0 Å². The zero-order valence-corrected chi connectivity index (χ0v) is 24.0.